The minimum atomic E-state index is -0.990. The Kier molecular flexibility index (Phi) is 9.51. The van der Waals surface area contributed by atoms with Crippen LogP contribution >= 0.6 is 15.9 Å². The molecule has 28 heavy (non-hydrogen) atoms. The first kappa shape index (κ1) is 24.0. The predicted molar refractivity (Wildman–Crippen MR) is 97.9 cm³/mol. The maximum absolute atomic E-state index is 13.7. The Morgan fingerprint density at radius 1 is 1.36 bits per heavy atom. The van der Waals surface area contributed by atoms with Gasteiger partial charge in [-0.05, 0) is 34.0 Å². The number of hydrogen-bond acceptors (Lipinski definition) is 4. The fraction of sp³-hybridized carbons (Fsp3) is 0.222. The van der Waals surface area contributed by atoms with Crippen molar-refractivity contribution in [1.82, 2.24) is 19.7 Å². The first-order valence-electron chi connectivity index (χ1n) is 7.89. The quantitative estimate of drug-likeness (QED) is 0.437. The van der Waals surface area contributed by atoms with E-state index in [0.29, 0.717) is 23.0 Å². The fourth-order valence-electron chi connectivity index (χ4n) is 2.08. The van der Waals surface area contributed by atoms with Crippen molar-refractivity contribution >= 4 is 21.9 Å². The Balaban J connectivity index is 0.000000332. The van der Waals surface area contributed by atoms with E-state index >= 15 is 0 Å². The number of hydrogen-bond donors (Lipinski definition) is 1. The van der Waals surface area contributed by atoms with Crippen LogP contribution in [0.1, 0.15) is 24.3 Å². The molecule has 1 N–H and O–H groups in total. The van der Waals surface area contributed by atoms with Crippen molar-refractivity contribution in [3.05, 3.63) is 64.7 Å². The van der Waals surface area contributed by atoms with Gasteiger partial charge in [0.25, 0.3) is 0 Å². The SMILES string of the molecule is CC(C)Cn1nc(Br)nc1-c1[c-]cc(F)cc1F.O=C(O)c1ccccn1.[Ir]. The van der Waals surface area contributed by atoms with Gasteiger partial charge in [0.05, 0.1) is 5.82 Å². The molecule has 10 heteroatoms. The van der Waals surface area contributed by atoms with Crippen LogP contribution in [0.3, 0.4) is 0 Å². The van der Waals surface area contributed by atoms with Crippen LogP contribution in [0.25, 0.3) is 11.4 Å². The van der Waals surface area contributed by atoms with E-state index < -0.39 is 17.6 Å². The summed E-state index contributed by atoms with van der Waals surface area (Å²) in [5.74, 6) is -1.67. The summed E-state index contributed by atoms with van der Waals surface area (Å²) in [5.41, 5.74) is 0.202. The van der Waals surface area contributed by atoms with Crippen LogP contribution in [0.15, 0.2) is 41.3 Å². The molecule has 0 saturated heterocycles. The third-order valence-electron chi connectivity index (χ3n) is 3.15. The molecule has 0 saturated carbocycles. The van der Waals surface area contributed by atoms with Crippen LogP contribution in [0, 0.1) is 23.6 Å². The molecule has 0 bridgehead atoms. The normalized spacial score (nSPS) is 10.1. The van der Waals surface area contributed by atoms with Gasteiger partial charge in [-0.1, -0.05) is 31.5 Å². The fourth-order valence-corrected chi connectivity index (χ4v) is 2.44. The van der Waals surface area contributed by atoms with Crippen molar-refractivity contribution < 1.29 is 38.8 Å². The van der Waals surface area contributed by atoms with Gasteiger partial charge in [-0.3, -0.25) is 18.4 Å². The number of aromatic nitrogens is 4. The summed E-state index contributed by atoms with van der Waals surface area (Å²) in [6.45, 7) is 4.63. The van der Waals surface area contributed by atoms with Gasteiger partial charge in [-0.15, -0.1) is 12.1 Å². The van der Waals surface area contributed by atoms with Crippen LogP contribution in [0.5, 0.6) is 0 Å². The monoisotopic (exact) mass is 630 g/mol. The third kappa shape index (κ3) is 6.85. The zero-order valence-electron chi connectivity index (χ0n) is 14.9. The first-order valence-corrected chi connectivity index (χ1v) is 8.69. The second-order valence-corrected chi connectivity index (χ2v) is 6.55. The smallest absolute Gasteiger partial charge is 0.354 e. The number of carboxylic acids is 1. The molecule has 6 nitrogen and oxygen atoms in total. The number of rotatable bonds is 4. The molecular formula is C18H16BrF2IrN4O2-. The number of carbonyl (C=O) groups is 1. The molecule has 0 atom stereocenters. The predicted octanol–water partition coefficient (Wildman–Crippen LogP) is 4.22. The van der Waals surface area contributed by atoms with Gasteiger partial charge < -0.3 is 5.11 Å². The molecule has 0 unspecified atom stereocenters. The molecular weight excluding hydrogens is 614 g/mol. The molecule has 2 aromatic heterocycles. The van der Waals surface area contributed by atoms with Crippen molar-refractivity contribution in [2.45, 2.75) is 20.4 Å². The number of nitrogens with zero attached hydrogens (tertiary/aromatic N) is 4. The number of halogens is 3. The average Bonchev–Trinajstić information content (AvgIpc) is 2.95. The van der Waals surface area contributed by atoms with E-state index in [1.807, 2.05) is 13.8 Å². The van der Waals surface area contributed by atoms with Crippen LogP contribution < -0.4 is 0 Å². The summed E-state index contributed by atoms with van der Waals surface area (Å²) < 4.78 is 28.5. The van der Waals surface area contributed by atoms with Gasteiger partial charge in [0.1, 0.15) is 5.69 Å². The Bertz CT molecular complexity index is 923. The van der Waals surface area contributed by atoms with Crippen LogP contribution in [-0.2, 0) is 26.7 Å². The third-order valence-corrected chi connectivity index (χ3v) is 3.49. The Labute approximate surface area is 182 Å². The molecule has 3 rings (SSSR count). The summed E-state index contributed by atoms with van der Waals surface area (Å²) in [6.07, 6.45) is 1.45. The number of pyridine rings is 1. The number of carboxylic acid groups (broad SMARTS) is 1. The number of aromatic carboxylic acids is 1. The average molecular weight is 630 g/mol. The first-order chi connectivity index (χ1) is 12.8. The maximum Gasteiger partial charge on any atom is 0.354 e. The molecule has 0 aliphatic rings. The molecule has 1 aromatic carbocycles. The molecule has 1 radical (unpaired) electrons. The van der Waals surface area contributed by atoms with E-state index in [1.54, 1.807) is 16.8 Å². The molecule has 151 valence electrons. The second kappa shape index (κ2) is 11.1. The zero-order valence-corrected chi connectivity index (χ0v) is 18.8. The molecule has 2 heterocycles. The summed E-state index contributed by atoms with van der Waals surface area (Å²) in [5, 5.41) is 12.5. The Morgan fingerprint density at radius 3 is 2.57 bits per heavy atom. The summed E-state index contributed by atoms with van der Waals surface area (Å²) in [4.78, 5) is 17.8. The van der Waals surface area contributed by atoms with E-state index in [-0.39, 0.29) is 31.4 Å². The van der Waals surface area contributed by atoms with Gasteiger partial charge in [0.15, 0.2) is 0 Å². The molecule has 0 amide bonds. The van der Waals surface area contributed by atoms with Gasteiger partial charge >= 0.3 is 5.97 Å². The topological polar surface area (TPSA) is 80.9 Å². The Morgan fingerprint density at radius 2 is 2.07 bits per heavy atom. The maximum atomic E-state index is 13.7. The van der Waals surface area contributed by atoms with Crippen LogP contribution in [-0.4, -0.2) is 30.8 Å². The number of benzene rings is 1. The standard InChI is InChI=1S/C12H11BrF2N3.C6H5NO2.Ir/c1-7(2)6-18-11(16-12(13)17-18)9-4-3-8(14)5-10(9)15;8-6(9)5-3-1-2-4-7-5;/h3,5,7H,6H2,1-2H3;1-4H,(H,8,9);/q-1;;. The van der Waals surface area contributed by atoms with Crippen molar-refractivity contribution in [2.75, 3.05) is 0 Å². The molecule has 0 spiro atoms. The van der Waals surface area contributed by atoms with E-state index in [9.17, 15) is 13.6 Å². The molecule has 0 fully saturated rings. The zero-order chi connectivity index (χ0) is 20.0. The molecule has 0 aliphatic heterocycles. The van der Waals surface area contributed by atoms with Crippen molar-refractivity contribution in [3.63, 3.8) is 0 Å². The minimum Gasteiger partial charge on any atom is -0.477 e. The van der Waals surface area contributed by atoms with Crippen LogP contribution in [0.2, 0.25) is 0 Å². The van der Waals surface area contributed by atoms with Gasteiger partial charge in [0.2, 0.25) is 4.73 Å². The minimum absolute atomic E-state index is 0. The van der Waals surface area contributed by atoms with Crippen molar-refractivity contribution in [3.8, 4) is 11.4 Å². The summed E-state index contributed by atoms with van der Waals surface area (Å²) >= 11 is 3.16. The van der Waals surface area contributed by atoms with Gasteiger partial charge in [0, 0.05) is 44.5 Å². The molecule has 3 aromatic rings. The van der Waals surface area contributed by atoms with Gasteiger partial charge in [-0.2, -0.15) is 5.10 Å². The van der Waals surface area contributed by atoms with E-state index in [0.717, 1.165) is 12.1 Å². The summed E-state index contributed by atoms with van der Waals surface area (Å²) in [6, 6.07) is 9.21. The largest absolute Gasteiger partial charge is 0.477 e. The molecule has 0 aliphatic carbocycles. The van der Waals surface area contributed by atoms with Gasteiger partial charge in [-0.25, -0.2) is 9.78 Å². The van der Waals surface area contributed by atoms with Crippen molar-refractivity contribution in [1.29, 1.82) is 0 Å². The van der Waals surface area contributed by atoms with Crippen molar-refractivity contribution in [2.24, 2.45) is 5.92 Å². The van der Waals surface area contributed by atoms with E-state index in [1.165, 1.54) is 12.3 Å². The van der Waals surface area contributed by atoms with Crippen LogP contribution in [0.4, 0.5) is 8.78 Å². The Hall–Kier alpha value is -2.03. The second-order valence-electron chi connectivity index (χ2n) is 5.84. The van der Waals surface area contributed by atoms with E-state index in [4.69, 9.17) is 5.11 Å². The van der Waals surface area contributed by atoms with E-state index in [2.05, 4.69) is 37.1 Å². The summed E-state index contributed by atoms with van der Waals surface area (Å²) in [7, 11) is 0.